The molecule has 9 heteroatoms. The van der Waals surface area contributed by atoms with Crippen molar-refractivity contribution in [2.75, 3.05) is 38.2 Å². The number of nitrogens with two attached hydrogens (primary N) is 1. The smallest absolute Gasteiger partial charge is 0.322 e. The van der Waals surface area contributed by atoms with E-state index >= 15 is 0 Å². The number of carbonyl (C=O) groups excluding carboxylic acids is 2. The van der Waals surface area contributed by atoms with E-state index in [1.807, 2.05) is 24.4 Å². The Hall–Kier alpha value is -3.30. The van der Waals surface area contributed by atoms with Gasteiger partial charge in [0.1, 0.15) is 11.5 Å². The number of hydrogen-bond donors (Lipinski definition) is 2. The number of halogens is 1. The molecule has 3 aromatic rings. The number of thiophene rings is 1. The van der Waals surface area contributed by atoms with E-state index in [0.29, 0.717) is 30.2 Å². The van der Waals surface area contributed by atoms with Gasteiger partial charge in [-0.3, -0.25) is 9.78 Å². The summed E-state index contributed by atoms with van der Waals surface area (Å²) in [6, 6.07) is 8.93. The highest BCUT2D eigenvalue weighted by atomic mass is 32.1. The van der Waals surface area contributed by atoms with Gasteiger partial charge in [0.25, 0.3) is 0 Å². The third kappa shape index (κ3) is 7.37. The number of nitrogen functional groups attached to an aromatic ring is 1. The van der Waals surface area contributed by atoms with E-state index in [-0.39, 0.29) is 18.2 Å². The van der Waals surface area contributed by atoms with Crippen molar-refractivity contribution in [3.05, 3.63) is 76.0 Å². The zero-order chi connectivity index (χ0) is 23.8. The maximum absolute atomic E-state index is 13.5. The first kappa shape index (κ1) is 24.3. The molecule has 33 heavy (non-hydrogen) atoms. The minimum Gasteiger partial charge on any atom is -0.398 e. The maximum Gasteiger partial charge on any atom is 0.322 e. The highest BCUT2D eigenvalue weighted by Gasteiger charge is 2.16. The molecule has 0 fully saturated rings. The van der Waals surface area contributed by atoms with Crippen molar-refractivity contribution in [1.29, 1.82) is 0 Å². The minimum atomic E-state index is -0.416. The average molecular weight is 470 g/mol. The van der Waals surface area contributed by atoms with Gasteiger partial charge in [-0.05, 0) is 67.8 Å². The van der Waals surface area contributed by atoms with Gasteiger partial charge in [-0.1, -0.05) is 12.1 Å². The summed E-state index contributed by atoms with van der Waals surface area (Å²) in [4.78, 5) is 33.4. The predicted octanol–water partition coefficient (Wildman–Crippen LogP) is 4.28. The van der Waals surface area contributed by atoms with E-state index in [1.54, 1.807) is 40.7 Å². The number of benzene rings is 1. The third-order valence-corrected chi connectivity index (χ3v) is 5.82. The quantitative estimate of drug-likeness (QED) is 0.433. The molecule has 7 nitrogen and oxygen atoms in total. The van der Waals surface area contributed by atoms with Gasteiger partial charge in [-0.2, -0.15) is 0 Å². The lowest BCUT2D eigenvalue weighted by Gasteiger charge is -2.24. The SMILES string of the molecule is CN(C)CCCN(Cc1ccc(C(=O)Cc2cscc2N)nc1)C(=O)Nc1cccc(F)c1. The van der Waals surface area contributed by atoms with Gasteiger partial charge in [0.2, 0.25) is 0 Å². The fourth-order valence-corrected chi connectivity index (χ4v) is 3.99. The topological polar surface area (TPSA) is 91.6 Å². The molecule has 0 atom stereocenters. The third-order valence-electron chi connectivity index (χ3n) is 5.01. The number of carbonyl (C=O) groups is 2. The van der Waals surface area contributed by atoms with E-state index in [0.717, 1.165) is 24.1 Å². The minimum absolute atomic E-state index is 0.113. The zero-order valence-corrected chi connectivity index (χ0v) is 19.6. The Morgan fingerprint density at radius 3 is 2.61 bits per heavy atom. The van der Waals surface area contributed by atoms with Gasteiger partial charge in [0.15, 0.2) is 5.78 Å². The summed E-state index contributed by atoms with van der Waals surface area (Å²) >= 11 is 1.46. The van der Waals surface area contributed by atoms with Gasteiger partial charge in [0.05, 0.1) is 0 Å². The summed E-state index contributed by atoms with van der Waals surface area (Å²) in [7, 11) is 3.95. The lowest BCUT2D eigenvalue weighted by atomic mass is 10.1. The Labute approximate surface area is 197 Å². The van der Waals surface area contributed by atoms with Crippen LogP contribution in [0.15, 0.2) is 53.4 Å². The largest absolute Gasteiger partial charge is 0.398 e. The molecular formula is C24H28FN5O2S. The molecule has 0 saturated carbocycles. The van der Waals surface area contributed by atoms with Crippen molar-refractivity contribution in [3.63, 3.8) is 0 Å². The highest BCUT2D eigenvalue weighted by molar-refractivity contribution is 7.08. The first-order valence-corrected chi connectivity index (χ1v) is 11.5. The molecule has 0 spiro atoms. The average Bonchev–Trinajstić information content (AvgIpc) is 3.17. The van der Waals surface area contributed by atoms with Crippen LogP contribution in [0, 0.1) is 5.82 Å². The van der Waals surface area contributed by atoms with E-state index in [1.165, 1.54) is 23.5 Å². The number of rotatable bonds is 10. The van der Waals surface area contributed by atoms with Crippen LogP contribution in [-0.4, -0.2) is 53.8 Å². The van der Waals surface area contributed by atoms with Crippen molar-refractivity contribution < 1.29 is 14.0 Å². The van der Waals surface area contributed by atoms with E-state index in [2.05, 4.69) is 10.3 Å². The number of nitrogens with one attached hydrogen (secondary N) is 1. The fourth-order valence-electron chi connectivity index (χ4n) is 3.24. The Morgan fingerprint density at radius 2 is 1.97 bits per heavy atom. The summed E-state index contributed by atoms with van der Waals surface area (Å²) < 4.78 is 13.5. The number of ketones is 1. The first-order valence-electron chi connectivity index (χ1n) is 10.6. The Bertz CT molecular complexity index is 1080. The van der Waals surface area contributed by atoms with E-state index < -0.39 is 5.82 Å². The normalized spacial score (nSPS) is 10.9. The fraction of sp³-hybridized carbons (Fsp3) is 0.292. The molecule has 2 aromatic heterocycles. The van der Waals surface area contributed by atoms with Crippen LogP contribution in [0.1, 0.15) is 28.0 Å². The molecule has 0 aliphatic heterocycles. The molecule has 0 saturated heterocycles. The summed E-state index contributed by atoms with van der Waals surface area (Å²) in [6.45, 7) is 1.64. The second-order valence-electron chi connectivity index (χ2n) is 8.02. The molecule has 174 valence electrons. The van der Waals surface area contributed by atoms with Gasteiger partial charge in [-0.15, -0.1) is 11.3 Å². The number of amides is 2. The van der Waals surface area contributed by atoms with Crippen LogP contribution in [0.25, 0.3) is 0 Å². The number of urea groups is 1. The summed E-state index contributed by atoms with van der Waals surface area (Å²) in [6.07, 6.45) is 2.59. The van der Waals surface area contributed by atoms with Gasteiger partial charge in [0, 0.05) is 42.5 Å². The summed E-state index contributed by atoms with van der Waals surface area (Å²) in [5.74, 6) is -0.529. The lowest BCUT2D eigenvalue weighted by molar-refractivity contribution is 0.0988. The number of Topliss-reactive ketones (excluding diaryl/α,β-unsaturated/α-hetero) is 1. The standard InChI is InChI=1S/C24H28FN5O2S/c1-29(2)9-4-10-30(24(32)28-20-6-3-5-19(25)12-20)14-17-7-8-22(27-13-17)23(31)11-18-15-33-16-21(18)26/h3,5-8,12-13,15-16H,4,9-11,14,26H2,1-2H3,(H,28,32). The Morgan fingerprint density at radius 1 is 1.15 bits per heavy atom. The van der Waals surface area contributed by atoms with Crippen molar-refractivity contribution in [1.82, 2.24) is 14.8 Å². The molecule has 0 aliphatic carbocycles. The van der Waals surface area contributed by atoms with Crippen molar-refractivity contribution >= 4 is 34.5 Å². The van der Waals surface area contributed by atoms with Crippen LogP contribution in [0.3, 0.4) is 0 Å². The number of nitrogens with zero attached hydrogens (tertiary/aromatic N) is 3. The van der Waals surface area contributed by atoms with Crippen LogP contribution in [-0.2, 0) is 13.0 Å². The van der Waals surface area contributed by atoms with E-state index in [9.17, 15) is 14.0 Å². The maximum atomic E-state index is 13.5. The molecule has 1 aromatic carbocycles. The number of anilines is 2. The van der Waals surface area contributed by atoms with Crippen molar-refractivity contribution in [2.24, 2.45) is 0 Å². The number of pyridine rings is 1. The van der Waals surface area contributed by atoms with E-state index in [4.69, 9.17) is 5.73 Å². The number of aromatic nitrogens is 1. The molecule has 0 bridgehead atoms. The van der Waals surface area contributed by atoms with Gasteiger partial charge in [-0.25, -0.2) is 9.18 Å². The second kappa shape index (κ2) is 11.5. The van der Waals surface area contributed by atoms with Gasteiger partial charge < -0.3 is 20.9 Å². The summed E-state index contributed by atoms with van der Waals surface area (Å²) in [5, 5.41) is 6.42. The molecule has 0 unspecified atom stereocenters. The molecule has 2 amide bonds. The van der Waals surface area contributed by atoms with Crippen LogP contribution in [0.5, 0.6) is 0 Å². The van der Waals surface area contributed by atoms with Crippen molar-refractivity contribution in [2.45, 2.75) is 19.4 Å². The number of hydrogen-bond acceptors (Lipinski definition) is 6. The predicted molar refractivity (Wildman–Crippen MR) is 130 cm³/mol. The molecule has 3 rings (SSSR count). The highest BCUT2D eigenvalue weighted by Crippen LogP contribution is 2.19. The van der Waals surface area contributed by atoms with Crippen LogP contribution in [0.4, 0.5) is 20.6 Å². The van der Waals surface area contributed by atoms with Crippen LogP contribution >= 0.6 is 11.3 Å². The molecule has 2 heterocycles. The molecule has 3 N–H and O–H groups in total. The summed E-state index contributed by atoms with van der Waals surface area (Å²) in [5.41, 5.74) is 8.82. The zero-order valence-electron chi connectivity index (χ0n) is 18.8. The Kier molecular flexibility index (Phi) is 8.51. The Balaban J connectivity index is 1.67. The van der Waals surface area contributed by atoms with Gasteiger partial charge >= 0.3 is 6.03 Å². The van der Waals surface area contributed by atoms with Crippen LogP contribution < -0.4 is 11.1 Å². The molecule has 0 radical (unpaired) electrons. The molecule has 0 aliphatic rings. The monoisotopic (exact) mass is 469 g/mol. The molecular weight excluding hydrogens is 441 g/mol. The lowest BCUT2D eigenvalue weighted by Crippen LogP contribution is -2.36. The second-order valence-corrected chi connectivity index (χ2v) is 8.77. The van der Waals surface area contributed by atoms with Crippen LogP contribution in [0.2, 0.25) is 0 Å². The first-order chi connectivity index (χ1) is 15.8. The van der Waals surface area contributed by atoms with Crippen molar-refractivity contribution in [3.8, 4) is 0 Å².